The molecular formula is C12H9BrClNO. The number of halogens is 2. The molecule has 2 rings (SSSR count). The van der Waals surface area contributed by atoms with E-state index in [0.717, 1.165) is 10.0 Å². The highest BCUT2D eigenvalue weighted by atomic mass is 79.9. The molecule has 4 heteroatoms. The molecule has 0 radical (unpaired) electrons. The summed E-state index contributed by atoms with van der Waals surface area (Å²) in [5.74, 6) is 1.15. The molecule has 0 saturated carbocycles. The first kappa shape index (κ1) is 11.4. The van der Waals surface area contributed by atoms with Crippen LogP contribution in [0.1, 0.15) is 5.56 Å². The number of pyridine rings is 1. The molecule has 0 fully saturated rings. The average Bonchev–Trinajstić information content (AvgIpc) is 2.27. The number of ether oxygens (including phenoxy) is 1. The molecule has 1 aromatic heterocycles. The topological polar surface area (TPSA) is 22.1 Å². The summed E-state index contributed by atoms with van der Waals surface area (Å²) in [6.45, 7) is 1.98. The first-order valence-corrected chi connectivity index (χ1v) is 5.88. The predicted molar refractivity (Wildman–Crippen MR) is 68.2 cm³/mol. The Labute approximate surface area is 107 Å². The van der Waals surface area contributed by atoms with Crippen molar-refractivity contribution >= 4 is 27.5 Å². The Morgan fingerprint density at radius 1 is 1.31 bits per heavy atom. The van der Waals surface area contributed by atoms with Crippen LogP contribution < -0.4 is 4.74 Å². The van der Waals surface area contributed by atoms with Gasteiger partial charge in [-0.05, 0) is 40.5 Å². The normalized spacial score (nSPS) is 10.2. The van der Waals surface area contributed by atoms with Crippen molar-refractivity contribution in [2.75, 3.05) is 0 Å². The van der Waals surface area contributed by atoms with Crippen LogP contribution in [-0.2, 0) is 0 Å². The molecule has 0 aliphatic carbocycles. The molecule has 1 heterocycles. The van der Waals surface area contributed by atoms with Gasteiger partial charge in [0.15, 0.2) is 0 Å². The van der Waals surface area contributed by atoms with Crippen molar-refractivity contribution in [2.45, 2.75) is 6.92 Å². The Kier molecular flexibility index (Phi) is 3.46. The van der Waals surface area contributed by atoms with E-state index in [1.54, 1.807) is 18.3 Å². The van der Waals surface area contributed by atoms with Crippen LogP contribution in [-0.4, -0.2) is 4.98 Å². The third kappa shape index (κ3) is 2.54. The Hall–Kier alpha value is -1.06. The van der Waals surface area contributed by atoms with E-state index in [2.05, 4.69) is 20.9 Å². The zero-order valence-electron chi connectivity index (χ0n) is 8.58. The van der Waals surface area contributed by atoms with Crippen LogP contribution in [0.25, 0.3) is 0 Å². The minimum absolute atomic E-state index is 0.536. The van der Waals surface area contributed by atoms with Gasteiger partial charge in [-0.1, -0.05) is 23.7 Å². The lowest BCUT2D eigenvalue weighted by atomic mass is 10.3. The van der Waals surface area contributed by atoms with Crippen molar-refractivity contribution in [1.29, 1.82) is 0 Å². The number of nitrogens with zero attached hydrogens (tertiary/aromatic N) is 1. The van der Waals surface area contributed by atoms with Gasteiger partial charge < -0.3 is 4.74 Å². The summed E-state index contributed by atoms with van der Waals surface area (Å²) in [6.07, 6.45) is 1.71. The van der Waals surface area contributed by atoms with Gasteiger partial charge in [-0.2, -0.15) is 0 Å². The lowest BCUT2D eigenvalue weighted by Gasteiger charge is -2.07. The second kappa shape index (κ2) is 4.85. The highest BCUT2D eigenvalue weighted by molar-refractivity contribution is 9.10. The van der Waals surface area contributed by atoms with Crippen LogP contribution in [0.2, 0.25) is 5.02 Å². The van der Waals surface area contributed by atoms with Crippen LogP contribution in [0.4, 0.5) is 0 Å². The van der Waals surface area contributed by atoms with Gasteiger partial charge in [0.25, 0.3) is 0 Å². The van der Waals surface area contributed by atoms with Crippen molar-refractivity contribution < 1.29 is 4.74 Å². The first-order chi connectivity index (χ1) is 7.66. The number of hydrogen-bond acceptors (Lipinski definition) is 2. The number of benzene rings is 1. The van der Waals surface area contributed by atoms with E-state index in [0.29, 0.717) is 16.7 Å². The van der Waals surface area contributed by atoms with Gasteiger partial charge in [0.2, 0.25) is 5.88 Å². The summed E-state index contributed by atoms with van der Waals surface area (Å²) in [4.78, 5) is 4.15. The molecule has 0 atom stereocenters. The van der Waals surface area contributed by atoms with Crippen molar-refractivity contribution in [1.82, 2.24) is 4.98 Å². The molecule has 0 bridgehead atoms. The van der Waals surface area contributed by atoms with E-state index in [4.69, 9.17) is 16.3 Å². The highest BCUT2D eigenvalue weighted by Gasteiger charge is 2.04. The Bertz CT molecular complexity index is 516. The average molecular weight is 299 g/mol. The number of rotatable bonds is 2. The van der Waals surface area contributed by atoms with Crippen molar-refractivity contribution in [3.63, 3.8) is 0 Å². The molecule has 0 aliphatic heterocycles. The summed E-state index contributed by atoms with van der Waals surface area (Å²) in [5, 5.41) is 0.574. The third-order valence-corrected chi connectivity index (χ3v) is 3.22. The number of aromatic nitrogens is 1. The quantitative estimate of drug-likeness (QED) is 0.808. The molecular weight excluding hydrogens is 289 g/mol. The van der Waals surface area contributed by atoms with E-state index >= 15 is 0 Å². The maximum absolute atomic E-state index is 5.98. The van der Waals surface area contributed by atoms with E-state index in [9.17, 15) is 0 Å². The minimum Gasteiger partial charge on any atom is -0.437 e. The first-order valence-electron chi connectivity index (χ1n) is 4.71. The van der Waals surface area contributed by atoms with Crippen LogP contribution >= 0.6 is 27.5 Å². The molecule has 16 heavy (non-hydrogen) atoms. The summed E-state index contributed by atoms with van der Waals surface area (Å²) in [7, 11) is 0. The summed E-state index contributed by atoms with van der Waals surface area (Å²) >= 11 is 9.37. The molecule has 2 nitrogen and oxygen atoms in total. The van der Waals surface area contributed by atoms with Crippen LogP contribution in [0.15, 0.2) is 41.0 Å². The van der Waals surface area contributed by atoms with Crippen LogP contribution in [0.3, 0.4) is 0 Å². The van der Waals surface area contributed by atoms with Gasteiger partial charge in [0.1, 0.15) is 5.75 Å². The number of aryl methyl sites for hydroxylation is 1. The maximum Gasteiger partial charge on any atom is 0.219 e. The molecule has 2 aromatic rings. The lowest BCUT2D eigenvalue weighted by Crippen LogP contribution is -1.89. The Morgan fingerprint density at radius 2 is 2.06 bits per heavy atom. The molecule has 1 aromatic carbocycles. The molecule has 0 N–H and O–H groups in total. The number of hydrogen-bond donors (Lipinski definition) is 0. The number of para-hydroxylation sites is 1. The van der Waals surface area contributed by atoms with Gasteiger partial charge in [-0.3, -0.25) is 0 Å². The third-order valence-electron chi connectivity index (χ3n) is 2.07. The van der Waals surface area contributed by atoms with Gasteiger partial charge in [0, 0.05) is 16.7 Å². The Morgan fingerprint density at radius 3 is 2.75 bits per heavy atom. The second-order valence-corrected chi connectivity index (χ2v) is 4.57. The van der Waals surface area contributed by atoms with Crippen molar-refractivity contribution in [3.8, 4) is 11.6 Å². The SMILES string of the molecule is Cc1cc(Oc2ccccc2Cl)ncc1Br. The van der Waals surface area contributed by atoms with E-state index in [1.807, 2.05) is 25.1 Å². The highest BCUT2D eigenvalue weighted by Crippen LogP contribution is 2.29. The predicted octanol–water partition coefficient (Wildman–Crippen LogP) is 4.60. The second-order valence-electron chi connectivity index (χ2n) is 3.30. The molecule has 0 amide bonds. The standard InChI is InChI=1S/C12H9BrClNO/c1-8-6-12(15-7-9(8)13)16-11-5-3-2-4-10(11)14/h2-7H,1H3. The van der Waals surface area contributed by atoms with Gasteiger partial charge in [-0.25, -0.2) is 4.98 Å². The molecule has 0 saturated heterocycles. The lowest BCUT2D eigenvalue weighted by molar-refractivity contribution is 0.462. The Balaban J connectivity index is 2.28. The van der Waals surface area contributed by atoms with Crippen molar-refractivity contribution in [3.05, 3.63) is 51.6 Å². The monoisotopic (exact) mass is 297 g/mol. The molecule has 0 aliphatic rings. The summed E-state index contributed by atoms with van der Waals surface area (Å²) in [5.41, 5.74) is 1.07. The van der Waals surface area contributed by atoms with Gasteiger partial charge in [-0.15, -0.1) is 0 Å². The maximum atomic E-state index is 5.98. The van der Waals surface area contributed by atoms with E-state index in [1.165, 1.54) is 0 Å². The zero-order valence-corrected chi connectivity index (χ0v) is 10.9. The van der Waals surface area contributed by atoms with Gasteiger partial charge in [0.05, 0.1) is 5.02 Å². The summed E-state index contributed by atoms with van der Waals surface area (Å²) in [6, 6.07) is 9.17. The molecule has 0 unspecified atom stereocenters. The van der Waals surface area contributed by atoms with Crippen molar-refractivity contribution in [2.24, 2.45) is 0 Å². The largest absolute Gasteiger partial charge is 0.437 e. The summed E-state index contributed by atoms with van der Waals surface area (Å²) < 4.78 is 6.54. The minimum atomic E-state index is 0.536. The fraction of sp³-hybridized carbons (Fsp3) is 0.0833. The fourth-order valence-electron chi connectivity index (χ4n) is 1.21. The van der Waals surface area contributed by atoms with Gasteiger partial charge >= 0.3 is 0 Å². The zero-order chi connectivity index (χ0) is 11.5. The smallest absolute Gasteiger partial charge is 0.219 e. The van der Waals surface area contributed by atoms with Crippen LogP contribution in [0.5, 0.6) is 11.6 Å². The molecule has 0 spiro atoms. The fourth-order valence-corrected chi connectivity index (χ4v) is 1.60. The molecule has 82 valence electrons. The van der Waals surface area contributed by atoms with E-state index in [-0.39, 0.29) is 0 Å². The van der Waals surface area contributed by atoms with Crippen LogP contribution in [0, 0.1) is 6.92 Å². The van der Waals surface area contributed by atoms with E-state index < -0.39 is 0 Å².